The van der Waals surface area contributed by atoms with Crippen LogP contribution in [0.3, 0.4) is 0 Å². The number of rotatable bonds is 5. The van der Waals surface area contributed by atoms with Gasteiger partial charge in [-0.15, -0.1) is 0 Å². The first-order valence-corrected chi connectivity index (χ1v) is 8.67. The molecule has 0 aliphatic carbocycles. The van der Waals surface area contributed by atoms with Crippen LogP contribution in [0.4, 0.5) is 0 Å². The van der Waals surface area contributed by atoms with Crippen LogP contribution < -0.4 is 5.32 Å². The van der Waals surface area contributed by atoms with Gasteiger partial charge in [-0.1, -0.05) is 19.1 Å². The van der Waals surface area contributed by atoms with Gasteiger partial charge in [-0.2, -0.15) is 0 Å². The standard InChI is InChI=1S/C21H23N3O/c1-4-16-7-8-20-18(12-16)19(11-15(3)23-20)21(25)24-14(2)10-17-6-5-9-22-13-17/h5-9,11-14H,4,10H2,1-3H3,(H,24,25)/t14-/m1/s1. The lowest BCUT2D eigenvalue weighted by molar-refractivity contribution is 0.0941. The van der Waals surface area contributed by atoms with E-state index in [-0.39, 0.29) is 11.9 Å². The van der Waals surface area contributed by atoms with Crippen LogP contribution in [0.25, 0.3) is 10.9 Å². The topological polar surface area (TPSA) is 54.9 Å². The minimum atomic E-state index is -0.0554. The quantitative estimate of drug-likeness (QED) is 0.771. The summed E-state index contributed by atoms with van der Waals surface area (Å²) in [5.74, 6) is -0.0554. The number of nitrogens with one attached hydrogen (secondary N) is 1. The van der Waals surface area contributed by atoms with Crippen LogP contribution in [0.1, 0.15) is 41.0 Å². The first-order valence-electron chi connectivity index (χ1n) is 8.67. The van der Waals surface area contributed by atoms with E-state index in [0.717, 1.165) is 35.0 Å². The molecule has 1 atom stereocenters. The molecule has 0 fully saturated rings. The lowest BCUT2D eigenvalue weighted by Crippen LogP contribution is -2.34. The van der Waals surface area contributed by atoms with Crippen molar-refractivity contribution in [2.45, 2.75) is 39.7 Å². The van der Waals surface area contributed by atoms with Crippen LogP contribution in [0, 0.1) is 6.92 Å². The number of hydrogen-bond acceptors (Lipinski definition) is 3. The largest absolute Gasteiger partial charge is 0.349 e. The summed E-state index contributed by atoms with van der Waals surface area (Å²) in [6.07, 6.45) is 5.27. The molecule has 0 saturated heterocycles. The van der Waals surface area contributed by atoms with Crippen LogP contribution >= 0.6 is 0 Å². The Morgan fingerprint density at radius 1 is 1.20 bits per heavy atom. The number of benzene rings is 1. The summed E-state index contributed by atoms with van der Waals surface area (Å²) in [5, 5.41) is 4.02. The maximum Gasteiger partial charge on any atom is 0.252 e. The van der Waals surface area contributed by atoms with Crippen LogP contribution in [-0.2, 0) is 12.8 Å². The zero-order valence-corrected chi connectivity index (χ0v) is 14.9. The Balaban J connectivity index is 1.86. The van der Waals surface area contributed by atoms with E-state index < -0.39 is 0 Å². The Morgan fingerprint density at radius 2 is 2.04 bits per heavy atom. The van der Waals surface area contributed by atoms with Gasteiger partial charge in [-0.3, -0.25) is 14.8 Å². The van der Waals surface area contributed by atoms with Gasteiger partial charge in [-0.25, -0.2) is 0 Å². The van der Waals surface area contributed by atoms with Crippen molar-refractivity contribution in [3.8, 4) is 0 Å². The van der Waals surface area contributed by atoms with Gasteiger partial charge in [0.15, 0.2) is 0 Å². The van der Waals surface area contributed by atoms with Crippen molar-refractivity contribution in [3.05, 3.63) is 71.2 Å². The van der Waals surface area contributed by atoms with E-state index in [1.807, 2.05) is 44.3 Å². The van der Waals surface area contributed by atoms with Gasteiger partial charge in [-0.05, 0) is 62.1 Å². The summed E-state index contributed by atoms with van der Waals surface area (Å²) < 4.78 is 0. The van der Waals surface area contributed by atoms with Gasteiger partial charge in [0.1, 0.15) is 0 Å². The molecule has 2 aromatic heterocycles. The number of fused-ring (bicyclic) bond motifs is 1. The minimum Gasteiger partial charge on any atom is -0.349 e. The molecule has 4 nitrogen and oxygen atoms in total. The van der Waals surface area contributed by atoms with Crippen molar-refractivity contribution in [3.63, 3.8) is 0 Å². The Bertz CT molecular complexity index is 890. The zero-order chi connectivity index (χ0) is 17.8. The highest BCUT2D eigenvalue weighted by Gasteiger charge is 2.15. The SMILES string of the molecule is CCc1ccc2nc(C)cc(C(=O)N[C@H](C)Cc3cccnc3)c2c1. The summed E-state index contributed by atoms with van der Waals surface area (Å²) in [5.41, 5.74) is 4.72. The molecule has 3 aromatic rings. The lowest BCUT2D eigenvalue weighted by atomic mass is 10.0. The molecule has 3 rings (SSSR count). The molecular formula is C21H23N3O. The fourth-order valence-electron chi connectivity index (χ4n) is 3.04. The van der Waals surface area contributed by atoms with Crippen molar-refractivity contribution in [1.29, 1.82) is 0 Å². The highest BCUT2D eigenvalue weighted by atomic mass is 16.1. The molecule has 2 heterocycles. The second kappa shape index (κ2) is 7.43. The van der Waals surface area contributed by atoms with E-state index in [0.29, 0.717) is 5.56 Å². The lowest BCUT2D eigenvalue weighted by Gasteiger charge is -2.15. The van der Waals surface area contributed by atoms with Crippen molar-refractivity contribution in [1.82, 2.24) is 15.3 Å². The van der Waals surface area contributed by atoms with E-state index in [1.165, 1.54) is 5.56 Å². The molecule has 0 saturated carbocycles. The number of pyridine rings is 2. The maximum atomic E-state index is 12.9. The van der Waals surface area contributed by atoms with E-state index >= 15 is 0 Å². The van der Waals surface area contributed by atoms with Gasteiger partial charge < -0.3 is 5.32 Å². The predicted molar refractivity (Wildman–Crippen MR) is 101 cm³/mol. The summed E-state index contributed by atoms with van der Waals surface area (Å²) in [4.78, 5) is 21.5. The van der Waals surface area contributed by atoms with Crippen LogP contribution in [-0.4, -0.2) is 21.9 Å². The Kier molecular flexibility index (Phi) is 5.08. The third-order valence-electron chi connectivity index (χ3n) is 4.30. The first kappa shape index (κ1) is 17.1. The van der Waals surface area contributed by atoms with Crippen LogP contribution in [0.5, 0.6) is 0 Å². The number of aryl methyl sites for hydroxylation is 2. The number of hydrogen-bond donors (Lipinski definition) is 1. The van der Waals surface area contributed by atoms with Crippen molar-refractivity contribution in [2.75, 3.05) is 0 Å². The second-order valence-corrected chi connectivity index (χ2v) is 6.46. The number of carbonyl (C=O) groups excluding carboxylic acids is 1. The molecule has 4 heteroatoms. The second-order valence-electron chi connectivity index (χ2n) is 6.46. The summed E-state index contributed by atoms with van der Waals surface area (Å²) in [6, 6.07) is 12.0. The average molecular weight is 333 g/mol. The summed E-state index contributed by atoms with van der Waals surface area (Å²) in [6.45, 7) is 6.04. The molecule has 1 amide bonds. The normalized spacial score (nSPS) is 12.1. The van der Waals surface area contributed by atoms with E-state index in [2.05, 4.69) is 34.3 Å². The molecule has 0 bridgehead atoms. The third-order valence-corrected chi connectivity index (χ3v) is 4.30. The summed E-state index contributed by atoms with van der Waals surface area (Å²) >= 11 is 0. The highest BCUT2D eigenvalue weighted by Crippen LogP contribution is 2.21. The fraction of sp³-hybridized carbons (Fsp3) is 0.286. The molecular weight excluding hydrogens is 310 g/mol. The Labute approximate surface area is 148 Å². The molecule has 0 spiro atoms. The van der Waals surface area contributed by atoms with Crippen molar-refractivity contribution >= 4 is 16.8 Å². The summed E-state index contributed by atoms with van der Waals surface area (Å²) in [7, 11) is 0. The monoisotopic (exact) mass is 333 g/mol. The smallest absolute Gasteiger partial charge is 0.252 e. The minimum absolute atomic E-state index is 0.0228. The number of carbonyl (C=O) groups is 1. The number of amides is 1. The van der Waals surface area contributed by atoms with Gasteiger partial charge >= 0.3 is 0 Å². The van der Waals surface area contributed by atoms with Crippen LogP contribution in [0.15, 0.2) is 48.8 Å². The van der Waals surface area contributed by atoms with E-state index in [9.17, 15) is 4.79 Å². The third kappa shape index (κ3) is 4.02. The molecule has 0 aliphatic heterocycles. The Morgan fingerprint density at radius 3 is 2.76 bits per heavy atom. The molecule has 25 heavy (non-hydrogen) atoms. The molecule has 1 N–H and O–H groups in total. The van der Waals surface area contributed by atoms with Crippen molar-refractivity contribution in [2.24, 2.45) is 0 Å². The molecule has 0 radical (unpaired) electrons. The highest BCUT2D eigenvalue weighted by molar-refractivity contribution is 6.06. The van der Waals surface area contributed by atoms with Gasteiger partial charge in [0.05, 0.1) is 11.1 Å². The fourth-order valence-corrected chi connectivity index (χ4v) is 3.04. The number of nitrogens with zero attached hydrogens (tertiary/aromatic N) is 2. The Hall–Kier alpha value is -2.75. The van der Waals surface area contributed by atoms with E-state index in [1.54, 1.807) is 6.20 Å². The maximum absolute atomic E-state index is 12.9. The van der Waals surface area contributed by atoms with Gasteiger partial charge in [0.25, 0.3) is 5.91 Å². The van der Waals surface area contributed by atoms with Gasteiger partial charge in [0.2, 0.25) is 0 Å². The predicted octanol–water partition coefficient (Wildman–Crippen LogP) is 3.86. The zero-order valence-electron chi connectivity index (χ0n) is 14.9. The molecule has 1 aromatic carbocycles. The average Bonchev–Trinajstić information content (AvgIpc) is 2.61. The molecule has 0 aliphatic rings. The number of aromatic nitrogens is 2. The van der Waals surface area contributed by atoms with Crippen molar-refractivity contribution < 1.29 is 4.79 Å². The van der Waals surface area contributed by atoms with Crippen LogP contribution in [0.2, 0.25) is 0 Å². The molecule has 0 unspecified atom stereocenters. The van der Waals surface area contributed by atoms with E-state index in [4.69, 9.17) is 0 Å². The van der Waals surface area contributed by atoms with Gasteiger partial charge in [0, 0.05) is 29.5 Å². The first-order chi connectivity index (χ1) is 12.1. The molecule has 128 valence electrons.